The molecule has 0 aliphatic carbocycles. The SMILES string of the molecule is CC1(C)C(=O)NCC1[Se]c1ccccc1. The van der Waals surface area contributed by atoms with Gasteiger partial charge in [0.2, 0.25) is 0 Å². The fraction of sp³-hybridized carbons (Fsp3) is 0.417. The van der Waals surface area contributed by atoms with Crippen LogP contribution in [0.25, 0.3) is 0 Å². The van der Waals surface area contributed by atoms with Gasteiger partial charge in [-0.15, -0.1) is 0 Å². The van der Waals surface area contributed by atoms with Crippen LogP contribution in [0.3, 0.4) is 0 Å². The van der Waals surface area contributed by atoms with Crippen LogP contribution >= 0.6 is 0 Å². The molecule has 1 saturated heterocycles. The predicted octanol–water partition coefficient (Wildman–Crippen LogP) is 0.961. The van der Waals surface area contributed by atoms with Gasteiger partial charge in [0.25, 0.3) is 0 Å². The quantitative estimate of drug-likeness (QED) is 0.795. The normalized spacial score (nSPS) is 23.9. The molecular formula is C12H15NOSe. The molecule has 80 valence electrons. The number of nitrogens with one attached hydrogen (secondary N) is 1. The zero-order valence-electron chi connectivity index (χ0n) is 8.99. The number of hydrogen-bond acceptors (Lipinski definition) is 1. The van der Waals surface area contributed by atoms with Crippen LogP contribution in [0.5, 0.6) is 0 Å². The average Bonchev–Trinajstić information content (AvgIpc) is 2.47. The van der Waals surface area contributed by atoms with E-state index in [1.807, 2.05) is 19.9 Å². The van der Waals surface area contributed by atoms with Crippen molar-refractivity contribution in [2.75, 3.05) is 6.54 Å². The Morgan fingerprint density at radius 1 is 1.33 bits per heavy atom. The van der Waals surface area contributed by atoms with Crippen LogP contribution in [-0.2, 0) is 4.79 Å². The molecule has 3 heteroatoms. The summed E-state index contributed by atoms with van der Waals surface area (Å²) in [7, 11) is 0. The van der Waals surface area contributed by atoms with E-state index in [4.69, 9.17) is 0 Å². The molecular weight excluding hydrogens is 253 g/mol. The van der Waals surface area contributed by atoms with Crippen molar-refractivity contribution in [3.05, 3.63) is 30.3 Å². The van der Waals surface area contributed by atoms with Crippen LogP contribution in [-0.4, -0.2) is 27.4 Å². The number of rotatable bonds is 2. The Morgan fingerprint density at radius 3 is 2.53 bits per heavy atom. The van der Waals surface area contributed by atoms with Gasteiger partial charge in [-0.2, -0.15) is 0 Å². The molecule has 0 radical (unpaired) electrons. The van der Waals surface area contributed by atoms with Crippen LogP contribution in [0.2, 0.25) is 4.82 Å². The summed E-state index contributed by atoms with van der Waals surface area (Å²) in [5.41, 5.74) is -0.199. The second kappa shape index (κ2) is 3.99. The number of carbonyl (C=O) groups excluding carboxylic acids is 1. The van der Waals surface area contributed by atoms with E-state index in [0.717, 1.165) is 6.54 Å². The summed E-state index contributed by atoms with van der Waals surface area (Å²) < 4.78 is 1.37. The van der Waals surface area contributed by atoms with E-state index in [-0.39, 0.29) is 11.3 Å². The van der Waals surface area contributed by atoms with E-state index >= 15 is 0 Å². The van der Waals surface area contributed by atoms with Crippen molar-refractivity contribution in [1.29, 1.82) is 0 Å². The Morgan fingerprint density at radius 2 is 2.00 bits per heavy atom. The van der Waals surface area contributed by atoms with Crippen molar-refractivity contribution >= 4 is 25.3 Å². The number of benzene rings is 1. The molecule has 1 aromatic rings. The second-order valence-corrected chi connectivity index (χ2v) is 7.03. The maximum absolute atomic E-state index is 11.6. The Hall–Kier alpha value is -0.791. The van der Waals surface area contributed by atoms with E-state index in [2.05, 4.69) is 29.6 Å². The fourth-order valence-corrected chi connectivity index (χ4v) is 4.21. The zero-order valence-corrected chi connectivity index (χ0v) is 10.7. The monoisotopic (exact) mass is 269 g/mol. The van der Waals surface area contributed by atoms with E-state index in [9.17, 15) is 4.79 Å². The standard InChI is InChI=1S/C12H15NOSe/c1-12(2)10(8-13-11(12)14)15-9-6-4-3-5-7-9/h3-7,10H,8H2,1-2H3,(H,13,14). The number of hydrogen-bond donors (Lipinski definition) is 1. The summed E-state index contributed by atoms with van der Waals surface area (Å²) in [6, 6.07) is 10.5. The van der Waals surface area contributed by atoms with Crippen LogP contribution < -0.4 is 9.78 Å². The topological polar surface area (TPSA) is 29.1 Å². The van der Waals surface area contributed by atoms with E-state index in [1.54, 1.807) is 0 Å². The summed E-state index contributed by atoms with van der Waals surface area (Å²) in [6.45, 7) is 4.93. The van der Waals surface area contributed by atoms with Crippen LogP contribution in [0, 0.1) is 5.41 Å². The first-order chi connectivity index (χ1) is 7.10. The second-order valence-electron chi connectivity index (χ2n) is 4.35. The van der Waals surface area contributed by atoms with Gasteiger partial charge in [0.1, 0.15) is 0 Å². The molecule has 1 N–H and O–H groups in total. The minimum atomic E-state index is -0.199. The van der Waals surface area contributed by atoms with Gasteiger partial charge in [-0.05, 0) is 0 Å². The molecule has 1 fully saturated rings. The zero-order chi connectivity index (χ0) is 10.9. The Labute approximate surface area is 96.6 Å². The van der Waals surface area contributed by atoms with Crippen LogP contribution in [0.15, 0.2) is 30.3 Å². The van der Waals surface area contributed by atoms with Crippen molar-refractivity contribution in [3.63, 3.8) is 0 Å². The fourth-order valence-electron chi connectivity index (χ4n) is 1.67. The van der Waals surface area contributed by atoms with Gasteiger partial charge in [0.15, 0.2) is 0 Å². The molecule has 1 unspecified atom stereocenters. The molecule has 1 atom stereocenters. The van der Waals surface area contributed by atoms with E-state index in [1.165, 1.54) is 4.46 Å². The van der Waals surface area contributed by atoms with Crippen molar-refractivity contribution in [3.8, 4) is 0 Å². The van der Waals surface area contributed by atoms with Crippen molar-refractivity contribution in [2.24, 2.45) is 5.41 Å². The molecule has 0 spiro atoms. The third kappa shape index (κ3) is 2.09. The van der Waals surface area contributed by atoms with Crippen LogP contribution in [0.4, 0.5) is 0 Å². The summed E-state index contributed by atoms with van der Waals surface area (Å²) in [5, 5.41) is 2.96. The minimum absolute atomic E-state index is 0.199. The maximum atomic E-state index is 11.6. The van der Waals surface area contributed by atoms with Gasteiger partial charge in [-0.3, -0.25) is 0 Å². The number of amides is 1. The molecule has 1 aromatic carbocycles. The molecule has 0 bridgehead atoms. The molecule has 2 nitrogen and oxygen atoms in total. The molecule has 1 amide bonds. The summed E-state index contributed by atoms with van der Waals surface area (Å²) in [4.78, 5) is 12.1. The number of carbonyl (C=O) groups is 1. The van der Waals surface area contributed by atoms with Gasteiger partial charge in [0, 0.05) is 0 Å². The molecule has 15 heavy (non-hydrogen) atoms. The third-order valence-corrected chi connectivity index (χ3v) is 6.18. The molecule has 0 saturated carbocycles. The Kier molecular flexibility index (Phi) is 2.85. The first-order valence-electron chi connectivity index (χ1n) is 5.11. The molecule has 1 heterocycles. The molecule has 1 aliphatic heterocycles. The molecule has 1 aliphatic rings. The Balaban J connectivity index is 2.11. The predicted molar refractivity (Wildman–Crippen MR) is 62.4 cm³/mol. The van der Waals surface area contributed by atoms with Gasteiger partial charge >= 0.3 is 96.4 Å². The molecule has 2 rings (SSSR count). The summed E-state index contributed by atoms with van der Waals surface area (Å²) >= 11 is 0.379. The van der Waals surface area contributed by atoms with Gasteiger partial charge < -0.3 is 0 Å². The van der Waals surface area contributed by atoms with Crippen molar-refractivity contribution in [1.82, 2.24) is 5.32 Å². The third-order valence-electron chi connectivity index (χ3n) is 2.86. The van der Waals surface area contributed by atoms with E-state index < -0.39 is 0 Å². The van der Waals surface area contributed by atoms with Gasteiger partial charge in [0.05, 0.1) is 0 Å². The summed E-state index contributed by atoms with van der Waals surface area (Å²) in [5.74, 6) is 0.199. The van der Waals surface area contributed by atoms with Gasteiger partial charge in [-0.25, -0.2) is 0 Å². The summed E-state index contributed by atoms with van der Waals surface area (Å²) in [6.07, 6.45) is 0. The van der Waals surface area contributed by atoms with Crippen LogP contribution in [0.1, 0.15) is 13.8 Å². The first kappa shape index (κ1) is 10.7. The average molecular weight is 268 g/mol. The van der Waals surface area contributed by atoms with Crippen molar-refractivity contribution < 1.29 is 4.79 Å². The molecule has 0 aromatic heterocycles. The van der Waals surface area contributed by atoms with E-state index in [0.29, 0.717) is 19.8 Å². The van der Waals surface area contributed by atoms with Crippen molar-refractivity contribution in [2.45, 2.75) is 18.7 Å². The first-order valence-corrected chi connectivity index (χ1v) is 6.95. The van der Waals surface area contributed by atoms with Gasteiger partial charge in [-0.1, -0.05) is 0 Å². The Bertz CT molecular complexity index is 361.